The molecule has 0 aromatic heterocycles. The van der Waals surface area contributed by atoms with Crippen molar-refractivity contribution < 1.29 is 9.53 Å². The van der Waals surface area contributed by atoms with Crippen LogP contribution in [0.25, 0.3) is 0 Å². The van der Waals surface area contributed by atoms with Crippen molar-refractivity contribution in [2.45, 2.75) is 13.8 Å². The fraction of sp³-hybridized carbons (Fsp3) is 0.188. The number of nitrogen functional groups attached to an aromatic ring is 1. The first kappa shape index (κ1) is 15.2. The summed E-state index contributed by atoms with van der Waals surface area (Å²) >= 11 is 6.09. The van der Waals surface area contributed by atoms with Crippen LogP contribution in [0.1, 0.15) is 22.8 Å². The molecule has 0 unspecified atom stereocenters. The number of carbonyl (C=O) groups is 1. The Labute approximate surface area is 128 Å². The number of nitrogens with two attached hydrogens (primary N) is 1. The van der Waals surface area contributed by atoms with E-state index in [0.717, 1.165) is 5.56 Å². The molecule has 0 heterocycles. The van der Waals surface area contributed by atoms with Crippen LogP contribution < -0.4 is 15.8 Å². The van der Waals surface area contributed by atoms with Gasteiger partial charge in [-0.25, -0.2) is 0 Å². The van der Waals surface area contributed by atoms with E-state index in [1.54, 1.807) is 24.3 Å². The molecule has 0 saturated carbocycles. The van der Waals surface area contributed by atoms with E-state index in [4.69, 9.17) is 22.1 Å². The third-order valence-corrected chi connectivity index (χ3v) is 3.23. The van der Waals surface area contributed by atoms with Crippen LogP contribution in [0.3, 0.4) is 0 Å². The average molecular weight is 305 g/mol. The zero-order chi connectivity index (χ0) is 15.4. The first-order valence-electron chi connectivity index (χ1n) is 6.63. The minimum absolute atomic E-state index is 0.163. The van der Waals surface area contributed by atoms with E-state index in [9.17, 15) is 4.79 Å². The Bertz CT molecular complexity index is 671. The molecule has 0 aliphatic heterocycles. The normalized spacial score (nSPS) is 10.2. The minimum Gasteiger partial charge on any atom is -0.454 e. The first-order valence-corrected chi connectivity index (χ1v) is 7.00. The van der Waals surface area contributed by atoms with E-state index in [0.29, 0.717) is 34.3 Å². The molecule has 2 aromatic carbocycles. The molecule has 0 aliphatic carbocycles. The van der Waals surface area contributed by atoms with Crippen molar-refractivity contribution in [3.63, 3.8) is 0 Å². The van der Waals surface area contributed by atoms with Gasteiger partial charge in [-0.1, -0.05) is 17.7 Å². The summed E-state index contributed by atoms with van der Waals surface area (Å²) in [6, 6.07) is 10.4. The first-order chi connectivity index (χ1) is 10.0. The van der Waals surface area contributed by atoms with Gasteiger partial charge >= 0.3 is 0 Å². The van der Waals surface area contributed by atoms with Crippen LogP contribution in [-0.2, 0) is 0 Å². The maximum Gasteiger partial charge on any atom is 0.251 e. The third kappa shape index (κ3) is 3.67. The van der Waals surface area contributed by atoms with E-state index in [-0.39, 0.29) is 5.91 Å². The molecule has 2 aromatic rings. The zero-order valence-electron chi connectivity index (χ0n) is 11.9. The Morgan fingerprint density at radius 2 is 2.00 bits per heavy atom. The molecule has 0 aliphatic rings. The third-order valence-electron chi connectivity index (χ3n) is 2.92. The van der Waals surface area contributed by atoms with E-state index >= 15 is 0 Å². The van der Waals surface area contributed by atoms with Crippen molar-refractivity contribution in [1.29, 1.82) is 0 Å². The highest BCUT2D eigenvalue weighted by molar-refractivity contribution is 6.32. The van der Waals surface area contributed by atoms with Crippen molar-refractivity contribution in [1.82, 2.24) is 5.32 Å². The summed E-state index contributed by atoms with van der Waals surface area (Å²) in [7, 11) is 0. The van der Waals surface area contributed by atoms with Crippen LogP contribution in [0.4, 0.5) is 5.69 Å². The number of aryl methyl sites for hydroxylation is 1. The van der Waals surface area contributed by atoms with Gasteiger partial charge in [0.25, 0.3) is 5.91 Å². The van der Waals surface area contributed by atoms with E-state index in [1.165, 1.54) is 0 Å². The fourth-order valence-corrected chi connectivity index (χ4v) is 2.01. The standard InChI is InChI=1S/C16H17ClN2O2/c1-3-19-16(20)11-5-7-14(13(18)9-11)21-15-8-10(2)4-6-12(15)17/h4-9H,3,18H2,1-2H3,(H,19,20). The molecule has 0 spiro atoms. The highest BCUT2D eigenvalue weighted by atomic mass is 35.5. The Balaban J connectivity index is 2.25. The molecule has 0 atom stereocenters. The molecule has 5 heteroatoms. The average Bonchev–Trinajstić information content (AvgIpc) is 2.45. The Morgan fingerprint density at radius 3 is 2.67 bits per heavy atom. The molecule has 1 amide bonds. The quantitative estimate of drug-likeness (QED) is 0.845. The predicted octanol–water partition coefficient (Wildman–Crippen LogP) is 3.77. The van der Waals surface area contributed by atoms with Gasteiger partial charge in [0.1, 0.15) is 11.5 Å². The lowest BCUT2D eigenvalue weighted by molar-refractivity contribution is 0.0956. The van der Waals surface area contributed by atoms with Crippen molar-refractivity contribution >= 4 is 23.2 Å². The number of halogens is 1. The van der Waals surface area contributed by atoms with Gasteiger partial charge in [0.05, 0.1) is 10.7 Å². The topological polar surface area (TPSA) is 64.3 Å². The lowest BCUT2D eigenvalue weighted by Gasteiger charge is -2.11. The second-order valence-corrected chi connectivity index (χ2v) is 5.06. The maximum absolute atomic E-state index is 11.7. The number of rotatable bonds is 4. The number of hydrogen-bond donors (Lipinski definition) is 2. The summed E-state index contributed by atoms with van der Waals surface area (Å²) in [6.07, 6.45) is 0. The molecular weight excluding hydrogens is 288 g/mol. The van der Waals surface area contributed by atoms with E-state index in [2.05, 4.69) is 5.32 Å². The molecule has 0 fully saturated rings. The fourth-order valence-electron chi connectivity index (χ4n) is 1.85. The van der Waals surface area contributed by atoms with Crippen molar-refractivity contribution in [3.05, 3.63) is 52.5 Å². The second kappa shape index (κ2) is 6.50. The number of ether oxygens (including phenoxy) is 1. The Kier molecular flexibility index (Phi) is 4.70. The predicted molar refractivity (Wildman–Crippen MR) is 85.1 cm³/mol. The molecule has 3 N–H and O–H groups in total. The summed E-state index contributed by atoms with van der Waals surface area (Å²) in [5.41, 5.74) is 7.86. The van der Waals surface area contributed by atoms with Crippen LogP contribution in [0, 0.1) is 6.92 Å². The van der Waals surface area contributed by atoms with Crippen LogP contribution in [0.5, 0.6) is 11.5 Å². The number of anilines is 1. The van der Waals surface area contributed by atoms with Crippen LogP contribution in [0.2, 0.25) is 5.02 Å². The van der Waals surface area contributed by atoms with Gasteiger partial charge in [-0.15, -0.1) is 0 Å². The van der Waals surface area contributed by atoms with Gasteiger partial charge < -0.3 is 15.8 Å². The van der Waals surface area contributed by atoms with Crippen molar-refractivity contribution in [2.75, 3.05) is 12.3 Å². The monoisotopic (exact) mass is 304 g/mol. The number of carbonyl (C=O) groups excluding carboxylic acids is 1. The Morgan fingerprint density at radius 1 is 1.24 bits per heavy atom. The number of benzene rings is 2. The molecular formula is C16H17ClN2O2. The number of hydrogen-bond acceptors (Lipinski definition) is 3. The van der Waals surface area contributed by atoms with Crippen LogP contribution >= 0.6 is 11.6 Å². The van der Waals surface area contributed by atoms with Crippen LogP contribution in [0.15, 0.2) is 36.4 Å². The second-order valence-electron chi connectivity index (χ2n) is 4.65. The maximum atomic E-state index is 11.7. The molecule has 4 nitrogen and oxygen atoms in total. The zero-order valence-corrected chi connectivity index (χ0v) is 12.7. The number of amides is 1. The van der Waals surface area contributed by atoms with Gasteiger partial charge in [-0.3, -0.25) is 4.79 Å². The lowest BCUT2D eigenvalue weighted by Crippen LogP contribution is -2.22. The number of nitrogens with one attached hydrogen (secondary N) is 1. The molecule has 110 valence electrons. The van der Waals surface area contributed by atoms with E-state index in [1.807, 2.05) is 26.0 Å². The van der Waals surface area contributed by atoms with Crippen molar-refractivity contribution in [2.24, 2.45) is 0 Å². The van der Waals surface area contributed by atoms with Crippen molar-refractivity contribution in [3.8, 4) is 11.5 Å². The van der Waals surface area contributed by atoms with Gasteiger partial charge in [-0.05, 0) is 49.7 Å². The smallest absolute Gasteiger partial charge is 0.251 e. The van der Waals surface area contributed by atoms with Crippen LogP contribution in [-0.4, -0.2) is 12.5 Å². The summed E-state index contributed by atoms with van der Waals surface area (Å²) in [4.78, 5) is 11.7. The summed E-state index contributed by atoms with van der Waals surface area (Å²) in [6.45, 7) is 4.37. The highest BCUT2D eigenvalue weighted by Gasteiger charge is 2.10. The highest BCUT2D eigenvalue weighted by Crippen LogP contribution is 2.33. The molecule has 0 radical (unpaired) electrons. The summed E-state index contributed by atoms with van der Waals surface area (Å²) in [5, 5.41) is 3.23. The largest absolute Gasteiger partial charge is 0.454 e. The van der Waals surface area contributed by atoms with Gasteiger partial charge in [0, 0.05) is 12.1 Å². The molecule has 0 saturated heterocycles. The molecule has 21 heavy (non-hydrogen) atoms. The summed E-state index contributed by atoms with van der Waals surface area (Å²) in [5.74, 6) is 0.842. The Hall–Kier alpha value is -2.20. The van der Waals surface area contributed by atoms with Gasteiger partial charge in [0.2, 0.25) is 0 Å². The minimum atomic E-state index is -0.163. The SMILES string of the molecule is CCNC(=O)c1ccc(Oc2cc(C)ccc2Cl)c(N)c1. The van der Waals surface area contributed by atoms with Gasteiger partial charge in [-0.2, -0.15) is 0 Å². The molecule has 0 bridgehead atoms. The molecule has 2 rings (SSSR count). The lowest BCUT2D eigenvalue weighted by atomic mass is 10.1. The van der Waals surface area contributed by atoms with E-state index < -0.39 is 0 Å². The van der Waals surface area contributed by atoms with Gasteiger partial charge in [0.15, 0.2) is 0 Å². The summed E-state index contributed by atoms with van der Waals surface area (Å²) < 4.78 is 5.73.